The van der Waals surface area contributed by atoms with Crippen LogP contribution in [0.1, 0.15) is 0 Å². The molecule has 0 N–H and O–H groups in total. The summed E-state index contributed by atoms with van der Waals surface area (Å²) < 4.78 is 5.19. The van der Waals surface area contributed by atoms with Crippen molar-refractivity contribution in [3.05, 3.63) is 35.5 Å². The van der Waals surface area contributed by atoms with E-state index in [0.717, 1.165) is 21.7 Å². The SMILES string of the molecule is COc1ccnc2cc([ClH+])ccc12. The fourth-order valence-electron chi connectivity index (χ4n) is 1.28. The average molecular weight is 195 g/mol. The van der Waals surface area contributed by atoms with E-state index in [9.17, 15) is 0 Å². The standard InChI is InChI=1S/C10H9ClNO/c1-13-10-4-5-12-9-6-7(11)2-3-8(9)10/h2-6,11H,1H3/q+1. The number of rotatable bonds is 1. The second-order valence-corrected chi connectivity index (χ2v) is 3.16. The van der Waals surface area contributed by atoms with Gasteiger partial charge in [-0.05, 0) is 12.1 Å². The minimum Gasteiger partial charge on any atom is -0.496 e. The third kappa shape index (κ3) is 1.45. The smallest absolute Gasteiger partial charge is 0.227 e. The van der Waals surface area contributed by atoms with Gasteiger partial charge in [0.25, 0.3) is 0 Å². The number of benzene rings is 1. The zero-order valence-electron chi connectivity index (χ0n) is 7.15. The number of ether oxygens (including phenoxy) is 1. The van der Waals surface area contributed by atoms with Gasteiger partial charge in [0.2, 0.25) is 5.02 Å². The third-order valence-electron chi connectivity index (χ3n) is 1.89. The van der Waals surface area contributed by atoms with E-state index < -0.39 is 0 Å². The maximum absolute atomic E-state index is 5.19. The minimum atomic E-state index is 0.799. The van der Waals surface area contributed by atoms with E-state index in [1.54, 1.807) is 13.3 Å². The number of hydrogen-bond acceptors (Lipinski definition) is 2. The van der Waals surface area contributed by atoms with Crippen LogP contribution in [-0.2, 0) is 0 Å². The highest BCUT2D eigenvalue weighted by Crippen LogP contribution is 2.24. The highest BCUT2D eigenvalue weighted by Gasteiger charge is 2.04. The lowest BCUT2D eigenvalue weighted by atomic mass is 10.2. The second kappa shape index (κ2) is 3.23. The molecule has 1 aromatic heterocycles. The first-order valence-electron chi connectivity index (χ1n) is 3.91. The first-order chi connectivity index (χ1) is 6.31. The molecule has 1 aromatic carbocycles. The molecule has 0 aliphatic heterocycles. The van der Waals surface area contributed by atoms with Crippen molar-refractivity contribution in [1.29, 1.82) is 0 Å². The summed E-state index contributed by atoms with van der Waals surface area (Å²) in [6.45, 7) is 0. The normalized spacial score (nSPS) is 10.3. The number of methoxy groups -OCH3 is 1. The van der Waals surface area contributed by atoms with Gasteiger partial charge in [-0.25, -0.2) is 0 Å². The highest BCUT2D eigenvalue weighted by atomic mass is 35.5. The molecule has 0 atom stereocenters. The lowest BCUT2D eigenvalue weighted by molar-refractivity contribution is -0.288. The maximum atomic E-state index is 5.19. The Morgan fingerprint density at radius 3 is 2.92 bits per heavy atom. The summed E-state index contributed by atoms with van der Waals surface area (Å²) in [7, 11) is 1.65. The average Bonchev–Trinajstić information content (AvgIpc) is 2.16. The number of nitrogens with zero attached hydrogens (tertiary/aromatic N) is 1. The van der Waals surface area contributed by atoms with Crippen molar-refractivity contribution in [2.24, 2.45) is 0 Å². The summed E-state index contributed by atoms with van der Waals surface area (Å²) in [6.07, 6.45) is 1.72. The molecule has 0 aliphatic rings. The molecule has 0 amide bonds. The Balaban J connectivity index is 2.77. The number of pyridine rings is 1. The molecular weight excluding hydrogens is 186 g/mol. The van der Waals surface area contributed by atoms with Gasteiger partial charge in [-0.1, -0.05) is 0 Å². The Kier molecular flexibility index (Phi) is 2.07. The predicted octanol–water partition coefficient (Wildman–Crippen LogP) is 1.94. The summed E-state index contributed by atoms with van der Waals surface area (Å²) >= 11 is 5.04. The molecule has 0 fully saturated rings. The van der Waals surface area contributed by atoms with Crippen LogP contribution >= 0.6 is 0 Å². The van der Waals surface area contributed by atoms with Gasteiger partial charge in [0, 0.05) is 23.7 Å². The molecule has 66 valence electrons. The van der Waals surface area contributed by atoms with Crippen LogP contribution in [0.15, 0.2) is 30.5 Å². The van der Waals surface area contributed by atoms with Crippen molar-refractivity contribution < 1.29 is 16.3 Å². The molecule has 0 bridgehead atoms. The molecule has 3 heteroatoms. The third-order valence-corrected chi connectivity index (χ3v) is 2.15. The van der Waals surface area contributed by atoms with Gasteiger partial charge in [-0.3, -0.25) is 4.98 Å². The van der Waals surface area contributed by atoms with E-state index in [0.29, 0.717) is 0 Å². The molecule has 2 aromatic rings. The summed E-state index contributed by atoms with van der Waals surface area (Å²) in [6, 6.07) is 7.52. The molecule has 0 unspecified atom stereocenters. The van der Waals surface area contributed by atoms with Gasteiger partial charge in [0.05, 0.1) is 12.6 Å². The van der Waals surface area contributed by atoms with Crippen LogP contribution in [0.4, 0.5) is 0 Å². The van der Waals surface area contributed by atoms with Crippen molar-refractivity contribution in [3.63, 3.8) is 0 Å². The Hall–Kier alpha value is -1.28. The Morgan fingerprint density at radius 1 is 1.31 bits per heavy atom. The first-order valence-corrected chi connectivity index (χ1v) is 4.32. The fourth-order valence-corrected chi connectivity index (χ4v) is 1.46. The monoisotopic (exact) mass is 194 g/mol. The maximum Gasteiger partial charge on any atom is 0.227 e. The van der Waals surface area contributed by atoms with E-state index in [4.69, 9.17) is 16.3 Å². The topological polar surface area (TPSA) is 22.1 Å². The fraction of sp³-hybridized carbons (Fsp3) is 0.100. The first kappa shape index (κ1) is 8.32. The number of halogens is 1. The molecule has 0 saturated heterocycles. The van der Waals surface area contributed by atoms with Crippen LogP contribution in [0.2, 0.25) is 5.02 Å². The van der Waals surface area contributed by atoms with E-state index in [2.05, 4.69) is 4.98 Å². The number of fused-ring (bicyclic) bond motifs is 1. The Bertz CT molecular complexity index is 442. The van der Waals surface area contributed by atoms with Crippen molar-refractivity contribution >= 4 is 10.9 Å². The van der Waals surface area contributed by atoms with E-state index in [-0.39, 0.29) is 0 Å². The van der Waals surface area contributed by atoms with Gasteiger partial charge in [0.15, 0.2) is 11.6 Å². The Morgan fingerprint density at radius 2 is 2.15 bits per heavy atom. The lowest BCUT2D eigenvalue weighted by Crippen LogP contribution is -1.86. The van der Waals surface area contributed by atoms with Crippen molar-refractivity contribution in [2.75, 3.05) is 7.11 Å². The highest BCUT2D eigenvalue weighted by molar-refractivity contribution is 5.85. The predicted molar refractivity (Wildman–Crippen MR) is 48.8 cm³/mol. The molecule has 2 rings (SSSR count). The van der Waals surface area contributed by atoms with Crippen molar-refractivity contribution in [1.82, 2.24) is 4.98 Å². The summed E-state index contributed by atoms with van der Waals surface area (Å²) in [5.74, 6) is 0.833. The molecule has 13 heavy (non-hydrogen) atoms. The molecule has 0 spiro atoms. The zero-order valence-corrected chi connectivity index (χ0v) is 7.97. The summed E-state index contributed by atoms with van der Waals surface area (Å²) in [5.41, 5.74) is 0.881. The van der Waals surface area contributed by atoms with Crippen molar-refractivity contribution in [3.8, 4) is 5.75 Å². The van der Waals surface area contributed by atoms with Crippen LogP contribution in [-0.4, -0.2) is 12.1 Å². The molecule has 0 saturated carbocycles. The van der Waals surface area contributed by atoms with Crippen LogP contribution in [0.5, 0.6) is 5.75 Å². The lowest BCUT2D eigenvalue weighted by Gasteiger charge is -2.02. The largest absolute Gasteiger partial charge is 0.496 e. The van der Waals surface area contributed by atoms with Crippen LogP contribution in [0, 0.1) is 11.6 Å². The number of aromatic nitrogens is 1. The van der Waals surface area contributed by atoms with Crippen molar-refractivity contribution in [2.45, 2.75) is 0 Å². The van der Waals surface area contributed by atoms with Crippen LogP contribution in [0.25, 0.3) is 10.9 Å². The quantitative estimate of drug-likeness (QED) is 0.692. The van der Waals surface area contributed by atoms with Gasteiger partial charge in [-0.15, -0.1) is 0 Å². The van der Waals surface area contributed by atoms with Gasteiger partial charge >= 0.3 is 0 Å². The molecule has 2 nitrogen and oxygen atoms in total. The van der Waals surface area contributed by atoms with E-state index >= 15 is 0 Å². The molecule has 0 aliphatic carbocycles. The van der Waals surface area contributed by atoms with E-state index in [1.165, 1.54) is 0 Å². The summed E-state index contributed by atoms with van der Waals surface area (Å²) in [5, 5.41) is 1.80. The molecule has 0 radical (unpaired) electrons. The van der Waals surface area contributed by atoms with Gasteiger partial charge < -0.3 is 4.74 Å². The van der Waals surface area contributed by atoms with Crippen LogP contribution in [0.3, 0.4) is 0 Å². The van der Waals surface area contributed by atoms with Crippen LogP contribution < -0.4 is 4.74 Å². The molecule has 1 heterocycles. The Labute approximate surface area is 81.1 Å². The number of hydrogen-bond donors (Lipinski definition) is 0. The van der Waals surface area contributed by atoms with Gasteiger partial charge in [-0.2, -0.15) is 0 Å². The minimum absolute atomic E-state index is 0.799. The van der Waals surface area contributed by atoms with E-state index in [1.807, 2.05) is 24.3 Å². The second-order valence-electron chi connectivity index (χ2n) is 2.69. The zero-order chi connectivity index (χ0) is 9.26. The summed E-state index contributed by atoms with van der Waals surface area (Å²) in [4.78, 5) is 4.20. The van der Waals surface area contributed by atoms with Gasteiger partial charge in [0.1, 0.15) is 5.75 Å². The molecular formula is C10H9ClNO+.